The highest BCUT2D eigenvalue weighted by atomic mass is 16.5. The standard InChI is InChI=1S/C21H24N4O3/c1-27-16-5-6-18(28-2)15(12-16)13-19(26)25-10-7-14(8-11-25)20-17-4-3-9-22-21(17)24-23-20/h3-6,9,12,14H,7-8,10-11,13H2,1-2H3,(H,22,23,24). The molecule has 2 aromatic heterocycles. The second kappa shape index (κ2) is 7.88. The maximum atomic E-state index is 12.8. The van der Waals surface area contributed by atoms with Gasteiger partial charge in [-0.1, -0.05) is 0 Å². The van der Waals surface area contributed by atoms with Crippen LogP contribution in [0.15, 0.2) is 36.5 Å². The fourth-order valence-electron chi connectivity index (χ4n) is 3.89. The van der Waals surface area contributed by atoms with Crippen molar-refractivity contribution in [1.29, 1.82) is 0 Å². The normalized spacial score (nSPS) is 15.0. The maximum Gasteiger partial charge on any atom is 0.227 e. The fourth-order valence-corrected chi connectivity index (χ4v) is 3.89. The Hall–Kier alpha value is -3.09. The third-order valence-corrected chi connectivity index (χ3v) is 5.44. The molecule has 0 saturated carbocycles. The predicted molar refractivity (Wildman–Crippen MR) is 106 cm³/mol. The van der Waals surface area contributed by atoms with Crippen LogP contribution in [0.5, 0.6) is 11.5 Å². The van der Waals surface area contributed by atoms with Gasteiger partial charge in [-0.05, 0) is 43.2 Å². The van der Waals surface area contributed by atoms with Gasteiger partial charge in [-0.3, -0.25) is 9.89 Å². The van der Waals surface area contributed by atoms with Crippen molar-refractivity contribution in [2.45, 2.75) is 25.2 Å². The number of carbonyl (C=O) groups excluding carboxylic acids is 1. The van der Waals surface area contributed by atoms with Crippen LogP contribution in [0.2, 0.25) is 0 Å². The van der Waals surface area contributed by atoms with Gasteiger partial charge in [0, 0.05) is 41.8 Å². The molecule has 7 heteroatoms. The minimum Gasteiger partial charge on any atom is -0.497 e. The lowest BCUT2D eigenvalue weighted by Crippen LogP contribution is -2.38. The van der Waals surface area contributed by atoms with E-state index in [9.17, 15) is 4.79 Å². The summed E-state index contributed by atoms with van der Waals surface area (Å²) in [6, 6.07) is 9.52. The summed E-state index contributed by atoms with van der Waals surface area (Å²) in [6.07, 6.45) is 3.88. The molecule has 1 amide bonds. The number of fused-ring (bicyclic) bond motifs is 1. The van der Waals surface area contributed by atoms with E-state index >= 15 is 0 Å². The first-order chi connectivity index (χ1) is 13.7. The van der Waals surface area contributed by atoms with Crippen molar-refractivity contribution < 1.29 is 14.3 Å². The van der Waals surface area contributed by atoms with Crippen LogP contribution in [0.1, 0.15) is 30.0 Å². The topological polar surface area (TPSA) is 80.3 Å². The molecule has 0 atom stereocenters. The van der Waals surface area contributed by atoms with Crippen molar-refractivity contribution in [2.24, 2.45) is 0 Å². The fraction of sp³-hybridized carbons (Fsp3) is 0.381. The van der Waals surface area contributed by atoms with E-state index in [0.717, 1.165) is 54.0 Å². The molecular formula is C21H24N4O3. The van der Waals surface area contributed by atoms with Crippen LogP contribution in [-0.4, -0.2) is 53.3 Å². The number of ether oxygens (including phenoxy) is 2. The largest absolute Gasteiger partial charge is 0.497 e. The number of pyridine rings is 1. The van der Waals surface area contributed by atoms with Gasteiger partial charge < -0.3 is 14.4 Å². The Kier molecular flexibility index (Phi) is 5.14. The highest BCUT2D eigenvalue weighted by molar-refractivity contribution is 5.80. The number of aromatic nitrogens is 3. The second-order valence-corrected chi connectivity index (χ2v) is 7.02. The zero-order valence-electron chi connectivity index (χ0n) is 16.1. The van der Waals surface area contributed by atoms with Crippen LogP contribution in [-0.2, 0) is 11.2 Å². The quantitative estimate of drug-likeness (QED) is 0.736. The highest BCUT2D eigenvalue weighted by Gasteiger charge is 2.26. The first-order valence-corrected chi connectivity index (χ1v) is 9.47. The maximum absolute atomic E-state index is 12.8. The first-order valence-electron chi connectivity index (χ1n) is 9.47. The zero-order valence-corrected chi connectivity index (χ0v) is 16.1. The van der Waals surface area contributed by atoms with Crippen LogP contribution >= 0.6 is 0 Å². The van der Waals surface area contributed by atoms with Crippen LogP contribution < -0.4 is 9.47 Å². The number of hydrogen-bond acceptors (Lipinski definition) is 5. The van der Waals surface area contributed by atoms with Gasteiger partial charge in [-0.2, -0.15) is 5.10 Å². The molecule has 0 bridgehead atoms. The number of H-pyrrole nitrogens is 1. The number of nitrogens with zero attached hydrogens (tertiary/aromatic N) is 3. The molecule has 1 aliphatic heterocycles. The molecular weight excluding hydrogens is 356 g/mol. The molecule has 4 rings (SSSR count). The predicted octanol–water partition coefficient (Wildman–Crippen LogP) is 2.92. The number of methoxy groups -OCH3 is 2. The first kappa shape index (κ1) is 18.3. The summed E-state index contributed by atoms with van der Waals surface area (Å²) in [5.74, 6) is 1.91. The Bertz CT molecular complexity index is 977. The molecule has 1 saturated heterocycles. The van der Waals surface area contributed by atoms with Crippen molar-refractivity contribution in [1.82, 2.24) is 20.1 Å². The lowest BCUT2D eigenvalue weighted by molar-refractivity contribution is -0.131. The van der Waals surface area contributed by atoms with Gasteiger partial charge in [-0.15, -0.1) is 0 Å². The molecule has 0 aliphatic carbocycles. The minimum atomic E-state index is 0.112. The van der Waals surface area contributed by atoms with E-state index in [0.29, 0.717) is 18.1 Å². The van der Waals surface area contributed by atoms with Gasteiger partial charge in [-0.25, -0.2) is 4.98 Å². The van der Waals surface area contributed by atoms with Gasteiger partial charge in [0.05, 0.1) is 20.6 Å². The molecule has 1 fully saturated rings. The molecule has 0 unspecified atom stereocenters. The van der Waals surface area contributed by atoms with Crippen LogP contribution in [0.4, 0.5) is 0 Å². The average Bonchev–Trinajstić information content (AvgIpc) is 3.18. The van der Waals surface area contributed by atoms with Gasteiger partial charge in [0.2, 0.25) is 5.91 Å². The van der Waals surface area contributed by atoms with Gasteiger partial charge >= 0.3 is 0 Å². The molecule has 0 spiro atoms. The Labute approximate surface area is 163 Å². The Morgan fingerprint density at radius 1 is 1.21 bits per heavy atom. The van der Waals surface area contributed by atoms with E-state index in [1.165, 1.54) is 0 Å². The molecule has 3 aromatic rings. The number of hydrogen-bond donors (Lipinski definition) is 1. The van der Waals surface area contributed by atoms with Crippen molar-refractivity contribution >= 4 is 16.9 Å². The Morgan fingerprint density at radius 3 is 2.79 bits per heavy atom. The lowest BCUT2D eigenvalue weighted by Gasteiger charge is -2.32. The van der Waals surface area contributed by atoms with E-state index < -0.39 is 0 Å². The number of carbonyl (C=O) groups is 1. The number of nitrogens with one attached hydrogen (secondary N) is 1. The van der Waals surface area contributed by atoms with E-state index in [4.69, 9.17) is 9.47 Å². The summed E-state index contributed by atoms with van der Waals surface area (Å²) in [7, 11) is 3.23. The zero-order chi connectivity index (χ0) is 19.5. The highest BCUT2D eigenvalue weighted by Crippen LogP contribution is 2.31. The number of likely N-dealkylation sites (tertiary alicyclic amines) is 1. The Balaban J connectivity index is 1.42. The van der Waals surface area contributed by atoms with E-state index in [-0.39, 0.29) is 5.91 Å². The van der Waals surface area contributed by atoms with Crippen molar-refractivity contribution in [3.63, 3.8) is 0 Å². The number of amides is 1. The summed E-state index contributed by atoms with van der Waals surface area (Å²) in [5.41, 5.74) is 2.73. The van der Waals surface area contributed by atoms with E-state index in [1.807, 2.05) is 35.2 Å². The monoisotopic (exact) mass is 380 g/mol. The van der Waals surface area contributed by atoms with Gasteiger partial charge in [0.25, 0.3) is 0 Å². The van der Waals surface area contributed by atoms with E-state index in [2.05, 4.69) is 15.2 Å². The molecule has 7 nitrogen and oxygen atoms in total. The summed E-state index contributed by atoms with van der Waals surface area (Å²) in [4.78, 5) is 19.1. The summed E-state index contributed by atoms with van der Waals surface area (Å²) >= 11 is 0. The smallest absolute Gasteiger partial charge is 0.227 e. The number of rotatable bonds is 5. The number of aromatic amines is 1. The van der Waals surface area contributed by atoms with Gasteiger partial charge in [0.1, 0.15) is 11.5 Å². The third kappa shape index (κ3) is 3.52. The molecule has 1 aliphatic rings. The number of benzene rings is 1. The molecule has 3 heterocycles. The molecule has 146 valence electrons. The summed E-state index contributed by atoms with van der Waals surface area (Å²) in [6.45, 7) is 1.47. The molecule has 1 N–H and O–H groups in total. The molecule has 28 heavy (non-hydrogen) atoms. The van der Waals surface area contributed by atoms with Crippen molar-refractivity contribution in [2.75, 3.05) is 27.3 Å². The Morgan fingerprint density at radius 2 is 2.04 bits per heavy atom. The van der Waals surface area contributed by atoms with Crippen molar-refractivity contribution in [3.05, 3.63) is 47.8 Å². The summed E-state index contributed by atoms with van der Waals surface area (Å²) in [5, 5.41) is 8.52. The second-order valence-electron chi connectivity index (χ2n) is 7.02. The average molecular weight is 380 g/mol. The SMILES string of the molecule is COc1ccc(OC)c(CC(=O)N2CCC(c3[nH]nc4ncccc34)CC2)c1. The van der Waals surface area contributed by atoms with Crippen LogP contribution in [0, 0.1) is 0 Å². The minimum absolute atomic E-state index is 0.112. The van der Waals surface area contributed by atoms with Crippen LogP contribution in [0.3, 0.4) is 0 Å². The van der Waals surface area contributed by atoms with Crippen LogP contribution in [0.25, 0.3) is 11.0 Å². The summed E-state index contributed by atoms with van der Waals surface area (Å²) < 4.78 is 10.7. The third-order valence-electron chi connectivity index (χ3n) is 5.44. The molecule has 0 radical (unpaired) electrons. The van der Waals surface area contributed by atoms with E-state index in [1.54, 1.807) is 20.4 Å². The lowest BCUT2D eigenvalue weighted by atomic mass is 9.91. The molecule has 1 aromatic carbocycles. The number of piperidine rings is 1. The van der Waals surface area contributed by atoms with Gasteiger partial charge in [0.15, 0.2) is 5.65 Å². The van der Waals surface area contributed by atoms with Crippen molar-refractivity contribution in [3.8, 4) is 11.5 Å².